The Labute approximate surface area is 670 Å². The number of ether oxygens (including phenoxy) is 4. The average Bonchev–Trinajstić information content (AvgIpc) is 0.901. The van der Waals surface area contributed by atoms with Crippen LogP contribution in [0, 0.1) is 11.8 Å². The molecule has 0 aliphatic carbocycles. The molecule has 5 atom stereocenters. The number of esters is 4. The molecule has 0 radical (unpaired) electrons. The van der Waals surface area contributed by atoms with Gasteiger partial charge in [-0.3, -0.25) is 37.3 Å². The van der Waals surface area contributed by atoms with Crippen molar-refractivity contribution in [3.63, 3.8) is 0 Å². The Morgan fingerprint density at radius 1 is 0.248 bits per heavy atom. The second-order valence-electron chi connectivity index (χ2n) is 33.3. The van der Waals surface area contributed by atoms with Crippen molar-refractivity contribution in [2.45, 2.75) is 503 Å². The van der Waals surface area contributed by atoms with Crippen LogP contribution >= 0.6 is 15.6 Å². The van der Waals surface area contributed by atoms with Crippen LogP contribution in [-0.2, 0) is 65.4 Å². The molecule has 0 heterocycles. The summed E-state index contributed by atoms with van der Waals surface area (Å²) < 4.78 is 68.9. The number of hydrogen-bond donors (Lipinski definition) is 3. The van der Waals surface area contributed by atoms with Gasteiger partial charge in [0.15, 0.2) is 12.2 Å². The van der Waals surface area contributed by atoms with Gasteiger partial charge in [-0.1, -0.05) is 433 Å². The van der Waals surface area contributed by atoms with Crippen molar-refractivity contribution in [2.24, 2.45) is 11.8 Å². The van der Waals surface area contributed by atoms with Crippen molar-refractivity contribution in [1.82, 2.24) is 0 Å². The van der Waals surface area contributed by atoms with Crippen LogP contribution in [0.25, 0.3) is 0 Å². The molecular weight excluding hydrogens is 1410 g/mol. The fourth-order valence-electron chi connectivity index (χ4n) is 14.1. The van der Waals surface area contributed by atoms with Gasteiger partial charge in [-0.25, -0.2) is 9.13 Å². The second kappa shape index (κ2) is 81.2. The number of phosphoric ester groups is 2. The summed E-state index contributed by atoms with van der Waals surface area (Å²) in [6, 6.07) is 0. The molecule has 0 aromatic rings. The first-order valence-corrected chi connectivity index (χ1v) is 49.5. The number of carbonyl (C=O) groups is 4. The van der Waals surface area contributed by atoms with E-state index < -0.39 is 97.5 Å². The van der Waals surface area contributed by atoms with E-state index in [2.05, 4.69) is 41.5 Å². The molecular formula is C90H176O17P2. The standard InChI is InChI=1S/C90H176O17P2/c1-7-9-11-13-15-17-19-21-23-25-27-29-31-33-35-37-41-45-49-53-60-66-72-87(92)100-78-85(106-89(94)74-68-62-54-50-46-42-38-36-34-32-30-28-26-24-22-20-18-16-14-12-10-8-2)80-104-108(96,97)102-76-84(91)77-103-109(98,99)105-81-86(79-101-88(93)73-67-61-57-56-59-65-71-83(5)6)107-90(95)75-69-63-55-51-47-43-39-40-44-48-52-58-64-70-82(3)4/h82-86,91H,7-81H2,1-6H3,(H,96,97)(H,98,99)/t84-,85-,86-/m1/s1. The highest BCUT2D eigenvalue weighted by Gasteiger charge is 2.31. The van der Waals surface area contributed by atoms with Gasteiger partial charge in [0.2, 0.25) is 0 Å². The maximum atomic E-state index is 13.2. The lowest BCUT2D eigenvalue weighted by Gasteiger charge is -2.21. The third-order valence-electron chi connectivity index (χ3n) is 21.2. The Hall–Kier alpha value is -1.94. The number of aliphatic hydroxyl groups is 1. The Morgan fingerprint density at radius 2 is 0.422 bits per heavy atom. The molecule has 0 rings (SSSR count). The van der Waals surface area contributed by atoms with Gasteiger partial charge in [0.25, 0.3) is 0 Å². The number of aliphatic hydroxyl groups excluding tert-OH is 1. The molecule has 0 fully saturated rings. The smallest absolute Gasteiger partial charge is 0.462 e. The lowest BCUT2D eigenvalue weighted by atomic mass is 10.0. The highest BCUT2D eigenvalue weighted by Crippen LogP contribution is 2.45. The van der Waals surface area contributed by atoms with Gasteiger partial charge in [-0.05, 0) is 37.5 Å². The Kier molecular flexibility index (Phi) is 79.8. The maximum Gasteiger partial charge on any atom is 0.472 e. The summed E-state index contributed by atoms with van der Waals surface area (Å²) in [4.78, 5) is 73.3. The van der Waals surface area contributed by atoms with E-state index in [0.717, 1.165) is 102 Å². The first-order valence-electron chi connectivity index (χ1n) is 46.5. The molecule has 0 aliphatic heterocycles. The van der Waals surface area contributed by atoms with Crippen LogP contribution in [0.5, 0.6) is 0 Å². The molecule has 109 heavy (non-hydrogen) atoms. The van der Waals surface area contributed by atoms with E-state index in [0.29, 0.717) is 31.6 Å². The van der Waals surface area contributed by atoms with Crippen LogP contribution in [0.15, 0.2) is 0 Å². The van der Waals surface area contributed by atoms with Crippen LogP contribution in [0.4, 0.5) is 0 Å². The van der Waals surface area contributed by atoms with Gasteiger partial charge in [0.05, 0.1) is 26.4 Å². The number of rotatable bonds is 89. The monoisotopic (exact) mass is 1590 g/mol. The van der Waals surface area contributed by atoms with Gasteiger partial charge in [-0.2, -0.15) is 0 Å². The number of phosphoric acid groups is 2. The molecule has 0 aliphatic rings. The van der Waals surface area contributed by atoms with Crippen LogP contribution in [0.2, 0.25) is 0 Å². The molecule has 0 spiro atoms. The number of unbranched alkanes of at least 4 members (excludes halogenated alkanes) is 59. The predicted molar refractivity (Wildman–Crippen MR) is 451 cm³/mol. The minimum atomic E-state index is -4.97. The van der Waals surface area contributed by atoms with E-state index in [1.165, 1.54) is 295 Å². The first-order chi connectivity index (χ1) is 52.9. The quantitative estimate of drug-likeness (QED) is 0.0222. The summed E-state index contributed by atoms with van der Waals surface area (Å²) in [6.07, 6.45) is 75.5. The van der Waals surface area contributed by atoms with Crippen molar-refractivity contribution >= 4 is 39.5 Å². The minimum absolute atomic E-state index is 0.107. The largest absolute Gasteiger partial charge is 0.472 e. The SMILES string of the molecule is CCCCCCCCCCCCCCCCCCCCCCCCC(=O)OC[C@H](COP(=O)(O)OC[C@@H](O)COP(=O)(O)OC[C@@H](COC(=O)CCCCCCCCC(C)C)OC(=O)CCCCCCCCCCCCCCCC(C)C)OC(=O)CCCCCCCCCCCCCCCCCCCCCCCC. The summed E-state index contributed by atoms with van der Waals surface area (Å²) >= 11 is 0. The van der Waals surface area contributed by atoms with Crippen LogP contribution in [-0.4, -0.2) is 96.7 Å². The third-order valence-corrected chi connectivity index (χ3v) is 23.1. The van der Waals surface area contributed by atoms with Gasteiger partial charge in [-0.15, -0.1) is 0 Å². The molecule has 3 N–H and O–H groups in total. The van der Waals surface area contributed by atoms with Crippen molar-refractivity contribution in [3.05, 3.63) is 0 Å². The Morgan fingerprint density at radius 3 is 0.624 bits per heavy atom. The molecule has 17 nitrogen and oxygen atoms in total. The lowest BCUT2D eigenvalue weighted by Crippen LogP contribution is -2.30. The normalized spacial score (nSPS) is 13.8. The summed E-state index contributed by atoms with van der Waals surface area (Å²) in [5.74, 6) is -0.637. The molecule has 2 unspecified atom stereocenters. The van der Waals surface area contributed by atoms with Gasteiger partial charge in [0, 0.05) is 25.7 Å². The van der Waals surface area contributed by atoms with Gasteiger partial charge < -0.3 is 33.8 Å². The molecule has 0 saturated heterocycles. The van der Waals surface area contributed by atoms with Crippen LogP contribution in [0.3, 0.4) is 0 Å². The summed E-state index contributed by atoms with van der Waals surface area (Å²) in [5, 5.41) is 10.7. The van der Waals surface area contributed by atoms with Crippen molar-refractivity contribution in [3.8, 4) is 0 Å². The summed E-state index contributed by atoms with van der Waals surface area (Å²) in [7, 11) is -9.93. The molecule has 0 aromatic carbocycles. The minimum Gasteiger partial charge on any atom is -0.462 e. The predicted octanol–water partition coefficient (Wildman–Crippen LogP) is 27.8. The zero-order chi connectivity index (χ0) is 79.9. The van der Waals surface area contributed by atoms with E-state index in [9.17, 15) is 43.2 Å². The topological polar surface area (TPSA) is 237 Å². The fraction of sp³-hybridized carbons (Fsp3) is 0.956. The van der Waals surface area contributed by atoms with Crippen LogP contribution < -0.4 is 0 Å². The Balaban J connectivity index is 5.19. The lowest BCUT2D eigenvalue weighted by molar-refractivity contribution is -0.161. The third kappa shape index (κ3) is 83.8. The van der Waals surface area contributed by atoms with Gasteiger partial charge >= 0.3 is 39.5 Å². The van der Waals surface area contributed by atoms with E-state index in [-0.39, 0.29) is 25.7 Å². The zero-order valence-electron chi connectivity index (χ0n) is 71.9. The highest BCUT2D eigenvalue weighted by molar-refractivity contribution is 7.47. The van der Waals surface area contributed by atoms with E-state index >= 15 is 0 Å². The number of hydrogen-bond acceptors (Lipinski definition) is 15. The van der Waals surface area contributed by atoms with Crippen LogP contribution in [0.1, 0.15) is 485 Å². The highest BCUT2D eigenvalue weighted by atomic mass is 31.2. The average molecular weight is 1590 g/mol. The van der Waals surface area contributed by atoms with E-state index in [4.69, 9.17) is 37.0 Å². The molecule has 648 valence electrons. The summed E-state index contributed by atoms with van der Waals surface area (Å²) in [6.45, 7) is 9.61. The van der Waals surface area contributed by atoms with Crippen molar-refractivity contribution in [2.75, 3.05) is 39.6 Å². The molecule has 0 saturated carbocycles. The van der Waals surface area contributed by atoms with E-state index in [1.807, 2.05) is 0 Å². The fourth-order valence-corrected chi connectivity index (χ4v) is 15.7. The van der Waals surface area contributed by atoms with Crippen molar-refractivity contribution < 1.29 is 80.2 Å². The first kappa shape index (κ1) is 107. The van der Waals surface area contributed by atoms with E-state index in [1.54, 1.807) is 0 Å². The summed E-state index contributed by atoms with van der Waals surface area (Å²) in [5.41, 5.74) is 0. The number of carbonyl (C=O) groups excluding carboxylic acids is 4. The zero-order valence-corrected chi connectivity index (χ0v) is 73.7. The second-order valence-corrected chi connectivity index (χ2v) is 36.2. The molecule has 19 heteroatoms. The molecule has 0 bridgehead atoms. The Bertz CT molecular complexity index is 2080. The molecule has 0 aromatic heterocycles. The molecule has 0 amide bonds. The van der Waals surface area contributed by atoms with Gasteiger partial charge in [0.1, 0.15) is 19.3 Å². The maximum absolute atomic E-state index is 13.2. The van der Waals surface area contributed by atoms with Crippen molar-refractivity contribution in [1.29, 1.82) is 0 Å².